The first-order valence-electron chi connectivity index (χ1n) is 4.76. The Balaban J connectivity index is 2.12. The van der Waals surface area contributed by atoms with Gasteiger partial charge in [-0.3, -0.25) is 0 Å². The molecule has 1 aliphatic carbocycles. The lowest BCUT2D eigenvalue weighted by Gasteiger charge is -2.01. The summed E-state index contributed by atoms with van der Waals surface area (Å²) in [5, 5.41) is 3.58. The third kappa shape index (κ3) is 1.53. The molecule has 1 heterocycles. The zero-order valence-corrected chi connectivity index (χ0v) is 8.53. The van der Waals surface area contributed by atoms with E-state index in [-0.39, 0.29) is 0 Å². The highest BCUT2D eigenvalue weighted by Gasteiger charge is 2.26. The zero-order valence-electron chi connectivity index (χ0n) is 7.71. The van der Waals surface area contributed by atoms with Crippen LogP contribution in [0.25, 0.3) is 0 Å². The van der Waals surface area contributed by atoms with Gasteiger partial charge in [-0.25, -0.2) is 4.98 Å². The molecule has 1 nitrogen and oxygen atoms in total. The molecule has 2 heteroatoms. The second-order valence-corrected chi connectivity index (χ2v) is 4.58. The van der Waals surface area contributed by atoms with Gasteiger partial charge in [-0.05, 0) is 19.3 Å². The number of hydrogen-bond donors (Lipinski definition) is 0. The average Bonchev–Trinajstić information content (AvgIpc) is 2.83. The Morgan fingerprint density at radius 1 is 1.67 bits per heavy atom. The third-order valence-electron chi connectivity index (χ3n) is 2.57. The summed E-state index contributed by atoms with van der Waals surface area (Å²) >= 11 is 1.84. The lowest BCUT2D eigenvalue weighted by Crippen LogP contribution is -1.90. The van der Waals surface area contributed by atoms with E-state index in [2.05, 4.69) is 24.2 Å². The molecule has 1 saturated carbocycles. The fourth-order valence-corrected chi connectivity index (χ4v) is 2.31. The first-order valence-corrected chi connectivity index (χ1v) is 5.64. The van der Waals surface area contributed by atoms with Crippen molar-refractivity contribution in [1.29, 1.82) is 0 Å². The summed E-state index contributed by atoms with van der Waals surface area (Å²) in [6.45, 7) is 4.48. The first kappa shape index (κ1) is 8.24. The Labute approximate surface area is 77.8 Å². The molecule has 0 aromatic carbocycles. The van der Waals surface area contributed by atoms with E-state index in [4.69, 9.17) is 0 Å². The average molecular weight is 181 g/mol. The van der Waals surface area contributed by atoms with Crippen LogP contribution < -0.4 is 0 Å². The van der Waals surface area contributed by atoms with E-state index < -0.39 is 0 Å². The van der Waals surface area contributed by atoms with Crippen molar-refractivity contribution in [3.8, 4) is 0 Å². The maximum atomic E-state index is 4.66. The predicted molar refractivity (Wildman–Crippen MR) is 52.8 cm³/mol. The molecule has 0 bridgehead atoms. The van der Waals surface area contributed by atoms with Gasteiger partial charge in [-0.2, -0.15) is 0 Å². The van der Waals surface area contributed by atoms with Crippen LogP contribution in [-0.4, -0.2) is 4.98 Å². The second-order valence-electron chi connectivity index (χ2n) is 3.69. The smallest absolute Gasteiger partial charge is 0.0956 e. The number of rotatable bonds is 3. The van der Waals surface area contributed by atoms with Crippen LogP contribution in [-0.2, 0) is 0 Å². The molecule has 0 N–H and O–H groups in total. The molecule has 1 aromatic heterocycles. The van der Waals surface area contributed by atoms with E-state index in [1.807, 2.05) is 11.3 Å². The van der Waals surface area contributed by atoms with Crippen LogP contribution in [0.15, 0.2) is 5.38 Å². The molecule has 1 aliphatic rings. The highest BCUT2D eigenvalue weighted by molar-refractivity contribution is 7.09. The monoisotopic (exact) mass is 181 g/mol. The highest BCUT2D eigenvalue weighted by atomic mass is 32.1. The van der Waals surface area contributed by atoms with Crippen molar-refractivity contribution in [1.82, 2.24) is 4.98 Å². The van der Waals surface area contributed by atoms with E-state index in [1.165, 1.54) is 30.0 Å². The lowest BCUT2D eigenvalue weighted by molar-refractivity contribution is 0.722. The van der Waals surface area contributed by atoms with Crippen molar-refractivity contribution in [2.24, 2.45) is 0 Å². The Morgan fingerprint density at radius 2 is 2.42 bits per heavy atom. The molecule has 0 amide bonds. The van der Waals surface area contributed by atoms with Crippen LogP contribution in [0.4, 0.5) is 0 Å². The maximum Gasteiger partial charge on any atom is 0.0956 e. The van der Waals surface area contributed by atoms with Gasteiger partial charge in [0.2, 0.25) is 0 Å². The number of nitrogens with zero attached hydrogens (tertiary/aromatic N) is 1. The quantitative estimate of drug-likeness (QED) is 0.695. The van der Waals surface area contributed by atoms with Gasteiger partial charge < -0.3 is 0 Å². The molecule has 0 radical (unpaired) electrons. The van der Waals surface area contributed by atoms with Crippen molar-refractivity contribution in [2.45, 2.75) is 44.9 Å². The summed E-state index contributed by atoms with van der Waals surface area (Å²) in [6.07, 6.45) is 3.94. The molecule has 1 atom stereocenters. The molecule has 2 rings (SSSR count). The van der Waals surface area contributed by atoms with Crippen LogP contribution in [0.1, 0.15) is 55.6 Å². The summed E-state index contributed by atoms with van der Waals surface area (Å²) in [6, 6.07) is 0. The topological polar surface area (TPSA) is 12.9 Å². The van der Waals surface area contributed by atoms with E-state index in [9.17, 15) is 0 Å². The molecule has 0 saturated heterocycles. The van der Waals surface area contributed by atoms with E-state index in [1.54, 1.807) is 0 Å². The van der Waals surface area contributed by atoms with Gasteiger partial charge in [0.15, 0.2) is 0 Å². The maximum absolute atomic E-state index is 4.66. The molecule has 0 aliphatic heterocycles. The van der Waals surface area contributed by atoms with Gasteiger partial charge >= 0.3 is 0 Å². The molecular formula is C10H15NS. The Hall–Kier alpha value is -0.370. The molecule has 1 unspecified atom stereocenters. The summed E-state index contributed by atoms with van der Waals surface area (Å²) in [5.41, 5.74) is 1.36. The summed E-state index contributed by atoms with van der Waals surface area (Å²) in [5.74, 6) is 1.47. The van der Waals surface area contributed by atoms with Crippen molar-refractivity contribution >= 4 is 11.3 Å². The van der Waals surface area contributed by atoms with Crippen molar-refractivity contribution in [2.75, 3.05) is 0 Å². The van der Waals surface area contributed by atoms with Crippen molar-refractivity contribution < 1.29 is 0 Å². The molecule has 12 heavy (non-hydrogen) atoms. The summed E-state index contributed by atoms with van der Waals surface area (Å²) in [7, 11) is 0. The van der Waals surface area contributed by atoms with Gasteiger partial charge in [-0.15, -0.1) is 11.3 Å². The summed E-state index contributed by atoms with van der Waals surface area (Å²) < 4.78 is 0. The fraction of sp³-hybridized carbons (Fsp3) is 0.700. The highest BCUT2D eigenvalue weighted by Crippen LogP contribution is 2.41. The normalized spacial score (nSPS) is 19.5. The molecule has 1 aromatic rings. The van der Waals surface area contributed by atoms with Gasteiger partial charge in [0.25, 0.3) is 0 Å². The van der Waals surface area contributed by atoms with E-state index >= 15 is 0 Å². The van der Waals surface area contributed by atoms with Crippen LogP contribution in [0.5, 0.6) is 0 Å². The largest absolute Gasteiger partial charge is 0.246 e. The standard InChI is InChI=1S/C10H15NS/c1-3-7(2)10-11-9(6-12-10)8-4-5-8/h6-8H,3-5H2,1-2H3. The summed E-state index contributed by atoms with van der Waals surface area (Å²) in [4.78, 5) is 4.66. The van der Waals surface area contributed by atoms with Gasteiger partial charge in [-0.1, -0.05) is 13.8 Å². The molecule has 1 fully saturated rings. The van der Waals surface area contributed by atoms with E-state index in [0.29, 0.717) is 5.92 Å². The molecule has 0 spiro atoms. The Morgan fingerprint density at radius 3 is 3.00 bits per heavy atom. The van der Waals surface area contributed by atoms with Crippen LogP contribution in [0.3, 0.4) is 0 Å². The molecular weight excluding hydrogens is 166 g/mol. The number of aromatic nitrogens is 1. The van der Waals surface area contributed by atoms with Crippen molar-refractivity contribution in [3.63, 3.8) is 0 Å². The fourth-order valence-electron chi connectivity index (χ4n) is 1.27. The predicted octanol–water partition coefficient (Wildman–Crippen LogP) is 3.53. The van der Waals surface area contributed by atoms with Gasteiger partial charge in [0.1, 0.15) is 0 Å². The third-order valence-corrected chi connectivity index (χ3v) is 3.66. The molecule has 66 valence electrons. The van der Waals surface area contributed by atoms with Crippen LogP contribution in [0, 0.1) is 0 Å². The number of thiazole rings is 1. The lowest BCUT2D eigenvalue weighted by atomic mass is 10.1. The zero-order chi connectivity index (χ0) is 8.55. The minimum Gasteiger partial charge on any atom is -0.246 e. The van der Waals surface area contributed by atoms with Crippen LogP contribution in [0.2, 0.25) is 0 Å². The van der Waals surface area contributed by atoms with Gasteiger partial charge in [0, 0.05) is 17.2 Å². The first-order chi connectivity index (χ1) is 5.81. The Kier molecular flexibility index (Phi) is 2.18. The SMILES string of the molecule is CCC(C)c1nc(C2CC2)cs1. The Bertz CT molecular complexity index is 263. The van der Waals surface area contributed by atoms with Crippen molar-refractivity contribution in [3.05, 3.63) is 16.1 Å². The second kappa shape index (κ2) is 3.17. The van der Waals surface area contributed by atoms with Crippen LogP contribution >= 0.6 is 11.3 Å². The minimum atomic E-state index is 0.655. The van der Waals surface area contributed by atoms with Gasteiger partial charge in [0.05, 0.1) is 10.7 Å². The van der Waals surface area contributed by atoms with E-state index in [0.717, 1.165) is 5.92 Å². The minimum absolute atomic E-state index is 0.655. The number of hydrogen-bond acceptors (Lipinski definition) is 2.